The van der Waals surface area contributed by atoms with E-state index < -0.39 is 6.10 Å². The Kier molecular flexibility index (Phi) is 7.29. The number of nitrogens with one attached hydrogen (secondary N) is 1. The van der Waals surface area contributed by atoms with Gasteiger partial charge in [0.2, 0.25) is 0 Å². The van der Waals surface area contributed by atoms with Crippen LogP contribution in [-0.4, -0.2) is 12.0 Å². The minimum Gasteiger partial charge on any atom is -0.481 e. The molecule has 2 rings (SSSR count). The van der Waals surface area contributed by atoms with Crippen molar-refractivity contribution in [2.24, 2.45) is 0 Å². The van der Waals surface area contributed by atoms with Gasteiger partial charge in [0.15, 0.2) is 6.10 Å². The first-order valence-electron chi connectivity index (χ1n) is 10.3. The summed E-state index contributed by atoms with van der Waals surface area (Å²) in [5.74, 6) is 0.670. The van der Waals surface area contributed by atoms with E-state index in [1.807, 2.05) is 19.1 Å². The summed E-state index contributed by atoms with van der Waals surface area (Å²) in [6.45, 7) is 14.8. The maximum absolute atomic E-state index is 12.9. The molecule has 0 bridgehead atoms. The number of carbonyl (C=O) groups excluding carboxylic acids is 1. The van der Waals surface area contributed by atoms with Gasteiger partial charge >= 0.3 is 0 Å². The monoisotopic (exact) mass is 381 g/mol. The lowest BCUT2D eigenvalue weighted by molar-refractivity contribution is -0.128. The highest BCUT2D eigenvalue weighted by molar-refractivity contribution is 5.81. The van der Waals surface area contributed by atoms with E-state index in [0.717, 1.165) is 12.2 Å². The zero-order chi connectivity index (χ0) is 20.9. The van der Waals surface area contributed by atoms with Crippen molar-refractivity contribution >= 4 is 5.91 Å². The van der Waals surface area contributed by atoms with Gasteiger partial charge in [0.1, 0.15) is 5.75 Å². The highest BCUT2D eigenvalue weighted by Gasteiger charge is 2.23. The number of hydrogen-bond acceptors (Lipinski definition) is 2. The lowest BCUT2D eigenvalue weighted by Gasteiger charge is -2.24. The van der Waals surface area contributed by atoms with E-state index in [1.54, 1.807) is 0 Å². The van der Waals surface area contributed by atoms with Gasteiger partial charge in [0.25, 0.3) is 5.91 Å². The smallest absolute Gasteiger partial charge is 0.261 e. The van der Waals surface area contributed by atoms with Crippen LogP contribution in [0, 0.1) is 13.8 Å². The van der Waals surface area contributed by atoms with Gasteiger partial charge in [0, 0.05) is 0 Å². The fourth-order valence-electron chi connectivity index (χ4n) is 3.40. The van der Waals surface area contributed by atoms with E-state index in [2.05, 4.69) is 77.2 Å². The molecule has 2 aromatic rings. The quantitative estimate of drug-likeness (QED) is 0.636. The van der Waals surface area contributed by atoms with Crippen molar-refractivity contribution in [2.45, 2.75) is 78.9 Å². The molecule has 3 nitrogen and oxygen atoms in total. The number of ether oxygens (including phenoxy) is 1. The van der Waals surface area contributed by atoms with Crippen LogP contribution >= 0.6 is 0 Å². The van der Waals surface area contributed by atoms with Gasteiger partial charge in [-0.3, -0.25) is 4.79 Å². The summed E-state index contributed by atoms with van der Waals surface area (Å²) in [6.07, 6.45) is 0.961. The van der Waals surface area contributed by atoms with Crippen molar-refractivity contribution in [1.82, 2.24) is 5.32 Å². The number of benzene rings is 2. The molecule has 0 heterocycles. The standard InChI is InChI=1S/C25H35NO2/c1-8-22(21-15-10-17(3)16-18(21)4)26-24(27)23(9-2)28-20-13-11-19(12-14-20)25(5,6)7/h10-16,22-23H,8-9H2,1-7H3,(H,26,27)/t22-,23-/m0/s1. The van der Waals surface area contributed by atoms with Gasteiger partial charge < -0.3 is 10.1 Å². The molecule has 0 radical (unpaired) electrons. The topological polar surface area (TPSA) is 38.3 Å². The second-order valence-electron chi connectivity index (χ2n) is 8.62. The van der Waals surface area contributed by atoms with Crippen molar-refractivity contribution in [2.75, 3.05) is 0 Å². The summed E-state index contributed by atoms with van der Waals surface area (Å²) >= 11 is 0. The van der Waals surface area contributed by atoms with Gasteiger partial charge in [0.05, 0.1) is 6.04 Å². The highest BCUT2D eigenvalue weighted by atomic mass is 16.5. The van der Waals surface area contributed by atoms with Crippen molar-refractivity contribution in [3.63, 3.8) is 0 Å². The molecule has 0 spiro atoms. The SMILES string of the molecule is CC[C@H](Oc1ccc(C(C)(C)C)cc1)C(=O)N[C@@H](CC)c1ccc(C)cc1C. The van der Waals surface area contributed by atoms with E-state index in [4.69, 9.17) is 4.74 Å². The fourth-order valence-corrected chi connectivity index (χ4v) is 3.40. The molecule has 0 aliphatic carbocycles. The molecule has 152 valence electrons. The molecule has 0 fully saturated rings. The molecule has 1 N–H and O–H groups in total. The molecular weight excluding hydrogens is 346 g/mol. The van der Waals surface area contributed by atoms with E-state index in [9.17, 15) is 4.79 Å². The summed E-state index contributed by atoms with van der Waals surface area (Å²) in [6, 6.07) is 14.4. The third-order valence-corrected chi connectivity index (χ3v) is 5.19. The Balaban J connectivity index is 2.09. The molecule has 0 saturated heterocycles. The molecule has 2 atom stereocenters. The van der Waals surface area contributed by atoms with Gasteiger partial charge in [-0.15, -0.1) is 0 Å². The Morgan fingerprint density at radius 1 is 1.00 bits per heavy atom. The molecule has 0 saturated carbocycles. The van der Waals surface area contributed by atoms with E-state index in [-0.39, 0.29) is 17.4 Å². The van der Waals surface area contributed by atoms with E-state index >= 15 is 0 Å². The van der Waals surface area contributed by atoms with Crippen LogP contribution in [0.2, 0.25) is 0 Å². The molecule has 3 heteroatoms. The van der Waals surface area contributed by atoms with Crippen LogP contribution in [-0.2, 0) is 10.2 Å². The van der Waals surface area contributed by atoms with Crippen LogP contribution in [0.5, 0.6) is 5.75 Å². The number of rotatable bonds is 7. The first kappa shape index (κ1) is 22.0. The normalized spacial score (nSPS) is 13.7. The van der Waals surface area contributed by atoms with Gasteiger partial charge in [-0.25, -0.2) is 0 Å². The Hall–Kier alpha value is -2.29. The van der Waals surface area contributed by atoms with Crippen molar-refractivity contribution in [3.05, 3.63) is 64.7 Å². The number of carbonyl (C=O) groups is 1. The third kappa shape index (κ3) is 5.60. The van der Waals surface area contributed by atoms with Crippen molar-refractivity contribution in [3.8, 4) is 5.75 Å². The Morgan fingerprint density at radius 3 is 2.14 bits per heavy atom. The fraction of sp³-hybridized carbons (Fsp3) is 0.480. The molecule has 2 aromatic carbocycles. The van der Waals surface area contributed by atoms with Crippen LogP contribution in [0.25, 0.3) is 0 Å². The minimum absolute atomic E-state index is 0.00554. The molecule has 0 unspecified atom stereocenters. The minimum atomic E-state index is -0.500. The van der Waals surface area contributed by atoms with Gasteiger partial charge in [-0.05, 0) is 60.9 Å². The lowest BCUT2D eigenvalue weighted by Crippen LogP contribution is -2.40. The maximum atomic E-state index is 12.9. The van der Waals surface area contributed by atoms with E-state index in [0.29, 0.717) is 6.42 Å². The summed E-state index contributed by atoms with van der Waals surface area (Å²) in [7, 11) is 0. The summed E-state index contributed by atoms with van der Waals surface area (Å²) in [5, 5.41) is 3.19. The zero-order valence-electron chi connectivity index (χ0n) is 18.4. The summed E-state index contributed by atoms with van der Waals surface area (Å²) < 4.78 is 6.01. The first-order valence-corrected chi connectivity index (χ1v) is 10.3. The maximum Gasteiger partial charge on any atom is 0.261 e. The second-order valence-corrected chi connectivity index (χ2v) is 8.62. The van der Waals surface area contributed by atoms with Crippen LogP contribution < -0.4 is 10.1 Å². The molecule has 0 aliphatic heterocycles. The van der Waals surface area contributed by atoms with Gasteiger partial charge in [-0.1, -0.05) is 70.5 Å². The highest BCUT2D eigenvalue weighted by Crippen LogP contribution is 2.26. The Bertz CT molecular complexity index is 787. The molecule has 1 amide bonds. The largest absolute Gasteiger partial charge is 0.481 e. The number of amides is 1. The van der Waals surface area contributed by atoms with Crippen LogP contribution in [0.4, 0.5) is 0 Å². The van der Waals surface area contributed by atoms with Crippen molar-refractivity contribution < 1.29 is 9.53 Å². The van der Waals surface area contributed by atoms with Gasteiger partial charge in [-0.2, -0.15) is 0 Å². The van der Waals surface area contributed by atoms with Crippen LogP contribution in [0.15, 0.2) is 42.5 Å². The Morgan fingerprint density at radius 2 is 1.64 bits per heavy atom. The average Bonchev–Trinajstić information content (AvgIpc) is 2.64. The molecular formula is C25H35NO2. The molecule has 28 heavy (non-hydrogen) atoms. The average molecular weight is 382 g/mol. The van der Waals surface area contributed by atoms with Crippen LogP contribution in [0.3, 0.4) is 0 Å². The number of aryl methyl sites for hydroxylation is 2. The first-order chi connectivity index (χ1) is 13.2. The lowest BCUT2D eigenvalue weighted by atomic mass is 9.87. The summed E-state index contributed by atoms with van der Waals surface area (Å²) in [4.78, 5) is 12.9. The van der Waals surface area contributed by atoms with E-state index in [1.165, 1.54) is 22.3 Å². The second kappa shape index (κ2) is 9.27. The zero-order valence-corrected chi connectivity index (χ0v) is 18.4. The molecule has 0 aromatic heterocycles. The Labute approximate surface area is 170 Å². The molecule has 0 aliphatic rings. The third-order valence-electron chi connectivity index (χ3n) is 5.19. The predicted octanol–water partition coefficient (Wildman–Crippen LogP) is 6.03. The van der Waals surface area contributed by atoms with Crippen molar-refractivity contribution in [1.29, 1.82) is 0 Å². The summed E-state index contributed by atoms with van der Waals surface area (Å²) in [5.41, 5.74) is 4.96. The van der Waals surface area contributed by atoms with Crippen LogP contribution in [0.1, 0.15) is 75.8 Å². The number of hydrogen-bond donors (Lipinski definition) is 1. The predicted molar refractivity (Wildman–Crippen MR) is 117 cm³/mol.